The summed E-state index contributed by atoms with van der Waals surface area (Å²) in [6.45, 7) is 2.24. The molecule has 0 bridgehead atoms. The van der Waals surface area contributed by atoms with E-state index < -0.39 is 0 Å². The molecular formula is C17H27NO2. The first-order chi connectivity index (χ1) is 9.50. The Morgan fingerprint density at radius 3 is 2.25 bits per heavy atom. The largest absolute Gasteiger partial charge is 0.497 e. The van der Waals surface area contributed by atoms with Crippen LogP contribution in [0.3, 0.4) is 0 Å². The Labute approximate surface area is 122 Å². The quantitative estimate of drug-likeness (QED) is 0.918. The highest BCUT2D eigenvalue weighted by molar-refractivity contribution is 5.32. The monoisotopic (exact) mass is 277 g/mol. The minimum atomic E-state index is -0.210. The van der Waals surface area contributed by atoms with Gasteiger partial charge in [-0.05, 0) is 51.6 Å². The van der Waals surface area contributed by atoms with E-state index in [-0.39, 0.29) is 17.6 Å². The maximum absolute atomic E-state index is 10.5. The normalized spacial score (nSPS) is 26.3. The molecule has 0 aromatic heterocycles. The molecule has 1 N–H and O–H groups in total. The molecule has 3 unspecified atom stereocenters. The second-order valence-electron chi connectivity index (χ2n) is 6.23. The van der Waals surface area contributed by atoms with Crippen LogP contribution in [0.25, 0.3) is 0 Å². The van der Waals surface area contributed by atoms with Crippen molar-refractivity contribution in [2.75, 3.05) is 21.2 Å². The van der Waals surface area contributed by atoms with E-state index in [4.69, 9.17) is 4.74 Å². The first-order valence-corrected chi connectivity index (χ1v) is 7.50. The van der Waals surface area contributed by atoms with Gasteiger partial charge in [0.15, 0.2) is 0 Å². The summed E-state index contributed by atoms with van der Waals surface area (Å²) in [5.41, 5.74) is 1.10. The standard InChI is InChI=1S/C17H27NO2/c1-17(18(2)3,15-7-5-6-8-16(15)19)13-9-11-14(20-4)12-10-13/h9-12,15-16,19H,5-8H2,1-4H3. The Morgan fingerprint density at radius 1 is 1.15 bits per heavy atom. The molecule has 0 radical (unpaired) electrons. The summed E-state index contributed by atoms with van der Waals surface area (Å²) in [6, 6.07) is 8.26. The summed E-state index contributed by atoms with van der Waals surface area (Å²) < 4.78 is 5.25. The fourth-order valence-corrected chi connectivity index (χ4v) is 3.50. The van der Waals surface area contributed by atoms with Gasteiger partial charge < -0.3 is 9.84 Å². The molecule has 0 heterocycles. The zero-order chi connectivity index (χ0) is 14.8. The summed E-state index contributed by atoms with van der Waals surface area (Å²) >= 11 is 0. The number of hydrogen-bond acceptors (Lipinski definition) is 3. The fourth-order valence-electron chi connectivity index (χ4n) is 3.50. The second-order valence-corrected chi connectivity index (χ2v) is 6.23. The Morgan fingerprint density at radius 2 is 1.75 bits per heavy atom. The van der Waals surface area contributed by atoms with Gasteiger partial charge in [0.05, 0.1) is 13.2 Å². The Balaban J connectivity index is 2.36. The molecule has 2 rings (SSSR count). The number of aliphatic hydroxyl groups is 1. The minimum absolute atomic E-state index is 0.147. The number of benzene rings is 1. The number of methoxy groups -OCH3 is 1. The first kappa shape index (κ1) is 15.3. The highest BCUT2D eigenvalue weighted by Crippen LogP contribution is 2.42. The van der Waals surface area contributed by atoms with Gasteiger partial charge >= 0.3 is 0 Å². The molecule has 1 saturated carbocycles. The van der Waals surface area contributed by atoms with Crippen LogP contribution in [0.15, 0.2) is 24.3 Å². The molecule has 20 heavy (non-hydrogen) atoms. The van der Waals surface area contributed by atoms with Crippen LogP contribution in [-0.4, -0.2) is 37.3 Å². The Bertz CT molecular complexity index is 429. The number of rotatable bonds is 4. The van der Waals surface area contributed by atoms with Crippen LogP contribution in [0, 0.1) is 5.92 Å². The molecule has 1 aromatic rings. The van der Waals surface area contributed by atoms with E-state index in [0.717, 1.165) is 25.0 Å². The van der Waals surface area contributed by atoms with E-state index in [2.05, 4.69) is 38.1 Å². The first-order valence-electron chi connectivity index (χ1n) is 7.50. The van der Waals surface area contributed by atoms with Gasteiger partial charge in [0, 0.05) is 11.5 Å². The highest BCUT2D eigenvalue weighted by atomic mass is 16.5. The molecule has 3 atom stereocenters. The molecule has 3 nitrogen and oxygen atoms in total. The molecule has 0 spiro atoms. The number of ether oxygens (including phenoxy) is 1. The molecule has 1 aromatic carbocycles. The summed E-state index contributed by atoms with van der Waals surface area (Å²) in [7, 11) is 5.89. The fraction of sp³-hybridized carbons (Fsp3) is 0.647. The maximum Gasteiger partial charge on any atom is 0.118 e. The summed E-state index contributed by atoms with van der Waals surface area (Å²) in [6.07, 6.45) is 4.15. The van der Waals surface area contributed by atoms with Crippen molar-refractivity contribution >= 4 is 0 Å². The number of aliphatic hydroxyl groups excluding tert-OH is 1. The van der Waals surface area contributed by atoms with Gasteiger partial charge in [0.25, 0.3) is 0 Å². The second kappa shape index (κ2) is 6.15. The van der Waals surface area contributed by atoms with Crippen molar-refractivity contribution in [3.63, 3.8) is 0 Å². The molecule has 1 aliphatic rings. The van der Waals surface area contributed by atoms with Crippen LogP contribution in [0.2, 0.25) is 0 Å². The third-order valence-corrected chi connectivity index (χ3v) is 5.05. The topological polar surface area (TPSA) is 32.7 Å². The third kappa shape index (κ3) is 2.70. The van der Waals surface area contributed by atoms with Crippen molar-refractivity contribution in [2.24, 2.45) is 5.92 Å². The average Bonchev–Trinajstić information content (AvgIpc) is 2.47. The van der Waals surface area contributed by atoms with Gasteiger partial charge in [0.1, 0.15) is 5.75 Å². The summed E-state index contributed by atoms with van der Waals surface area (Å²) in [4.78, 5) is 2.24. The molecule has 0 amide bonds. The van der Waals surface area contributed by atoms with Gasteiger partial charge in [-0.3, -0.25) is 4.90 Å². The van der Waals surface area contributed by atoms with Crippen molar-refractivity contribution < 1.29 is 9.84 Å². The minimum Gasteiger partial charge on any atom is -0.497 e. The Kier molecular flexibility index (Phi) is 4.71. The van der Waals surface area contributed by atoms with Crippen LogP contribution in [0.1, 0.15) is 38.2 Å². The van der Waals surface area contributed by atoms with E-state index >= 15 is 0 Å². The summed E-state index contributed by atoms with van der Waals surface area (Å²) in [5, 5.41) is 10.5. The van der Waals surface area contributed by atoms with Crippen LogP contribution >= 0.6 is 0 Å². The lowest BCUT2D eigenvalue weighted by atomic mass is 9.70. The number of nitrogens with zero attached hydrogens (tertiary/aromatic N) is 1. The van der Waals surface area contributed by atoms with Crippen LogP contribution < -0.4 is 4.74 Å². The lowest BCUT2D eigenvalue weighted by Gasteiger charge is -2.47. The van der Waals surface area contributed by atoms with Crippen molar-refractivity contribution in [2.45, 2.75) is 44.2 Å². The lowest BCUT2D eigenvalue weighted by molar-refractivity contribution is -0.0275. The molecule has 1 aliphatic carbocycles. The van der Waals surface area contributed by atoms with Gasteiger partial charge in [0.2, 0.25) is 0 Å². The van der Waals surface area contributed by atoms with Gasteiger partial charge in [-0.2, -0.15) is 0 Å². The summed E-state index contributed by atoms with van der Waals surface area (Å²) in [5.74, 6) is 1.15. The van der Waals surface area contributed by atoms with Gasteiger partial charge in [-0.25, -0.2) is 0 Å². The van der Waals surface area contributed by atoms with Crippen molar-refractivity contribution in [3.05, 3.63) is 29.8 Å². The molecule has 0 saturated heterocycles. The van der Waals surface area contributed by atoms with Crippen LogP contribution in [-0.2, 0) is 5.54 Å². The smallest absolute Gasteiger partial charge is 0.118 e. The molecule has 112 valence electrons. The maximum atomic E-state index is 10.5. The molecule has 0 aliphatic heterocycles. The average molecular weight is 277 g/mol. The van der Waals surface area contributed by atoms with Crippen LogP contribution in [0.5, 0.6) is 5.75 Å². The zero-order valence-electron chi connectivity index (χ0n) is 13.1. The van der Waals surface area contributed by atoms with Crippen molar-refractivity contribution in [1.82, 2.24) is 4.90 Å². The predicted octanol–water partition coefficient (Wildman–Crippen LogP) is 3.02. The lowest BCUT2D eigenvalue weighted by Crippen LogP contribution is -2.50. The van der Waals surface area contributed by atoms with E-state index in [0.29, 0.717) is 0 Å². The zero-order valence-corrected chi connectivity index (χ0v) is 13.1. The number of hydrogen-bond donors (Lipinski definition) is 1. The third-order valence-electron chi connectivity index (χ3n) is 5.05. The van der Waals surface area contributed by atoms with E-state index in [1.54, 1.807) is 7.11 Å². The van der Waals surface area contributed by atoms with Gasteiger partial charge in [-0.1, -0.05) is 25.0 Å². The Hall–Kier alpha value is -1.06. The molecular weight excluding hydrogens is 250 g/mol. The molecule has 3 heteroatoms. The van der Waals surface area contributed by atoms with E-state index in [1.165, 1.54) is 12.0 Å². The predicted molar refractivity (Wildman–Crippen MR) is 82.0 cm³/mol. The highest BCUT2D eigenvalue weighted by Gasteiger charge is 2.42. The van der Waals surface area contributed by atoms with Gasteiger partial charge in [-0.15, -0.1) is 0 Å². The van der Waals surface area contributed by atoms with Crippen molar-refractivity contribution in [3.8, 4) is 5.75 Å². The van der Waals surface area contributed by atoms with Crippen LogP contribution in [0.4, 0.5) is 0 Å². The molecule has 1 fully saturated rings. The van der Waals surface area contributed by atoms with E-state index in [1.807, 2.05) is 12.1 Å². The van der Waals surface area contributed by atoms with Crippen molar-refractivity contribution in [1.29, 1.82) is 0 Å². The van der Waals surface area contributed by atoms with E-state index in [9.17, 15) is 5.11 Å². The SMILES string of the molecule is COc1ccc(C(C)(C2CCCCC2O)N(C)C)cc1.